The van der Waals surface area contributed by atoms with Gasteiger partial charge in [0.2, 0.25) is 0 Å². The van der Waals surface area contributed by atoms with Gasteiger partial charge in [0.1, 0.15) is 22.8 Å². The van der Waals surface area contributed by atoms with E-state index in [2.05, 4.69) is 5.32 Å². The molecule has 0 aromatic heterocycles. The summed E-state index contributed by atoms with van der Waals surface area (Å²) >= 11 is 0. The lowest BCUT2D eigenvalue weighted by Crippen LogP contribution is -2.61. The second kappa shape index (κ2) is 7.74. The van der Waals surface area contributed by atoms with Gasteiger partial charge in [-0.2, -0.15) is 0 Å². The summed E-state index contributed by atoms with van der Waals surface area (Å²) in [6.45, 7) is 12.7. The molecule has 2 heterocycles. The summed E-state index contributed by atoms with van der Waals surface area (Å²) in [6.07, 6.45) is -0.607. The average Bonchev–Trinajstić information content (AvgIpc) is 2.76. The van der Waals surface area contributed by atoms with Crippen molar-refractivity contribution in [2.24, 2.45) is 0 Å². The summed E-state index contributed by atoms with van der Waals surface area (Å²) in [4.78, 5) is 25.9. The van der Waals surface area contributed by atoms with Gasteiger partial charge in [-0.1, -0.05) is 6.07 Å². The van der Waals surface area contributed by atoms with Gasteiger partial charge in [0, 0.05) is 18.6 Å². The van der Waals surface area contributed by atoms with Crippen LogP contribution in [0.5, 0.6) is 0 Å². The summed E-state index contributed by atoms with van der Waals surface area (Å²) in [7, 11) is -1.06. The number of halogens is 2. The molecule has 2 saturated heterocycles. The number of amides is 2. The van der Waals surface area contributed by atoms with E-state index in [0.717, 1.165) is 6.07 Å². The molecule has 0 unspecified atom stereocenters. The Morgan fingerprint density at radius 3 is 2.19 bits per heavy atom. The first-order chi connectivity index (χ1) is 14.1. The lowest BCUT2D eigenvalue weighted by Gasteiger charge is -2.39. The van der Waals surface area contributed by atoms with Crippen LogP contribution >= 0.6 is 0 Å². The van der Waals surface area contributed by atoms with E-state index < -0.39 is 53.1 Å². The normalized spacial score (nSPS) is 20.4. The van der Waals surface area contributed by atoms with Crippen LogP contribution in [0.4, 0.5) is 13.6 Å². The maximum Gasteiger partial charge on any atom is 0.497 e. The molecule has 1 N–H and O–H groups in total. The van der Waals surface area contributed by atoms with Crippen LogP contribution in [0, 0.1) is 11.6 Å². The molecular weight excluding hydrogens is 409 g/mol. The van der Waals surface area contributed by atoms with E-state index in [9.17, 15) is 14.0 Å². The fraction of sp³-hybridized carbons (Fsp3) is 0.619. The number of nitrogens with zero attached hydrogens (tertiary/aromatic N) is 1. The minimum atomic E-state index is -1.06. The lowest BCUT2D eigenvalue weighted by atomic mass is 9.77. The van der Waals surface area contributed by atoms with Gasteiger partial charge in [0.15, 0.2) is 0 Å². The molecule has 0 saturated carbocycles. The number of ether oxygens (including phenoxy) is 1. The predicted molar refractivity (Wildman–Crippen MR) is 111 cm³/mol. The van der Waals surface area contributed by atoms with Crippen LogP contribution in [0.15, 0.2) is 12.1 Å². The Labute approximate surface area is 181 Å². The molecule has 3 rings (SSSR count). The Morgan fingerprint density at radius 2 is 1.68 bits per heavy atom. The molecule has 0 spiro atoms. The van der Waals surface area contributed by atoms with Crippen LogP contribution in [0.3, 0.4) is 0 Å². The number of rotatable bonds is 3. The summed E-state index contributed by atoms with van der Waals surface area (Å²) < 4.78 is 46.5. The smallest absolute Gasteiger partial charge is 0.444 e. The van der Waals surface area contributed by atoms with Crippen molar-refractivity contribution in [3.63, 3.8) is 0 Å². The lowest BCUT2D eigenvalue weighted by molar-refractivity contribution is 0.00578. The molecule has 170 valence electrons. The first-order valence-corrected chi connectivity index (χ1v) is 10.2. The third-order valence-corrected chi connectivity index (χ3v) is 5.73. The molecule has 10 heteroatoms. The van der Waals surface area contributed by atoms with Gasteiger partial charge in [0.25, 0.3) is 5.91 Å². The summed E-state index contributed by atoms with van der Waals surface area (Å²) in [5.41, 5.74) is -2.76. The highest BCUT2D eigenvalue weighted by atomic mass is 19.1. The average molecular weight is 438 g/mol. The van der Waals surface area contributed by atoms with Crippen molar-refractivity contribution in [3.8, 4) is 0 Å². The predicted octanol–water partition coefficient (Wildman–Crippen LogP) is 2.61. The quantitative estimate of drug-likeness (QED) is 0.735. The van der Waals surface area contributed by atoms with Gasteiger partial charge in [-0.25, -0.2) is 13.6 Å². The number of carbonyl (C=O) groups is 2. The summed E-state index contributed by atoms with van der Waals surface area (Å²) in [5.74, 6) is -2.77. The number of alkyl carbamates (subject to hydrolysis) is 1. The zero-order chi connectivity index (χ0) is 23.4. The summed E-state index contributed by atoms with van der Waals surface area (Å²) in [6, 6.07) is 1.91. The number of benzene rings is 1. The molecule has 2 amide bonds. The van der Waals surface area contributed by atoms with Crippen molar-refractivity contribution in [1.82, 2.24) is 10.2 Å². The molecule has 2 fully saturated rings. The highest BCUT2D eigenvalue weighted by Gasteiger charge is 2.53. The van der Waals surface area contributed by atoms with E-state index in [-0.39, 0.29) is 24.6 Å². The fourth-order valence-corrected chi connectivity index (χ4v) is 3.28. The Bertz CT molecular complexity index is 878. The Hall–Kier alpha value is -2.20. The van der Waals surface area contributed by atoms with Crippen molar-refractivity contribution in [3.05, 3.63) is 29.3 Å². The second-order valence-electron chi connectivity index (χ2n) is 9.97. The first kappa shape index (κ1) is 23.5. The number of carbonyl (C=O) groups excluding carboxylic acids is 2. The first-order valence-electron chi connectivity index (χ1n) is 10.2. The number of hydrogen-bond donors (Lipinski definition) is 1. The second-order valence-corrected chi connectivity index (χ2v) is 9.97. The van der Waals surface area contributed by atoms with Gasteiger partial charge < -0.3 is 24.3 Å². The molecule has 7 nitrogen and oxygen atoms in total. The molecular formula is C21H29BF2N2O5. The van der Waals surface area contributed by atoms with Crippen molar-refractivity contribution in [2.75, 3.05) is 13.1 Å². The number of hydrogen-bond acceptors (Lipinski definition) is 5. The van der Waals surface area contributed by atoms with Crippen LogP contribution in [0.2, 0.25) is 0 Å². The van der Waals surface area contributed by atoms with Crippen LogP contribution in [-0.4, -0.2) is 60.0 Å². The summed E-state index contributed by atoms with van der Waals surface area (Å²) in [5, 5.41) is 2.63. The number of likely N-dealkylation sites (tertiary alicyclic amines) is 1. The molecule has 0 radical (unpaired) electrons. The van der Waals surface area contributed by atoms with Crippen molar-refractivity contribution in [1.29, 1.82) is 0 Å². The van der Waals surface area contributed by atoms with Crippen LogP contribution in [0.1, 0.15) is 58.8 Å². The van der Waals surface area contributed by atoms with E-state index in [4.69, 9.17) is 14.0 Å². The van der Waals surface area contributed by atoms with Crippen LogP contribution in [0.25, 0.3) is 0 Å². The topological polar surface area (TPSA) is 77.1 Å². The molecule has 0 bridgehead atoms. The minimum absolute atomic E-state index is 0.0349. The highest BCUT2D eigenvalue weighted by Crippen LogP contribution is 2.37. The molecule has 31 heavy (non-hydrogen) atoms. The third kappa shape index (κ3) is 4.69. The molecule has 2 aliphatic rings. The maximum absolute atomic E-state index is 15.2. The van der Waals surface area contributed by atoms with E-state index in [1.165, 1.54) is 11.0 Å². The Balaban J connectivity index is 1.71. The van der Waals surface area contributed by atoms with E-state index in [1.807, 2.05) is 27.7 Å². The maximum atomic E-state index is 15.2. The van der Waals surface area contributed by atoms with Gasteiger partial charge in [-0.15, -0.1) is 0 Å². The molecule has 1 aromatic carbocycles. The SMILES string of the molecule is CC(C)(C)OC(=O)NC1CN(C(=O)c2c(F)ccc(B3OC(C)(C)C(C)(C)O3)c2F)C1. The third-order valence-electron chi connectivity index (χ3n) is 5.73. The number of nitrogens with one attached hydrogen (secondary N) is 1. The molecule has 1 aromatic rings. The zero-order valence-corrected chi connectivity index (χ0v) is 19.0. The Kier molecular flexibility index (Phi) is 5.86. The standard InChI is InChI=1S/C21H29BF2N2O5/c1-19(2,3)29-18(28)25-12-10-26(11-12)17(27)15-14(23)9-8-13(16(15)24)22-30-20(4,5)21(6,7)31-22/h8-9,12H,10-11H2,1-7H3,(H,25,28). The minimum Gasteiger partial charge on any atom is -0.444 e. The highest BCUT2D eigenvalue weighted by molar-refractivity contribution is 6.62. The molecule has 2 aliphatic heterocycles. The van der Waals surface area contributed by atoms with Gasteiger partial charge >= 0.3 is 13.2 Å². The van der Waals surface area contributed by atoms with Crippen molar-refractivity contribution in [2.45, 2.75) is 71.3 Å². The zero-order valence-electron chi connectivity index (χ0n) is 19.0. The van der Waals surface area contributed by atoms with Crippen LogP contribution < -0.4 is 10.8 Å². The van der Waals surface area contributed by atoms with Crippen LogP contribution in [-0.2, 0) is 14.0 Å². The van der Waals surface area contributed by atoms with Crippen molar-refractivity contribution < 1.29 is 32.4 Å². The van der Waals surface area contributed by atoms with Gasteiger partial charge in [-0.05, 0) is 54.5 Å². The van der Waals surface area contributed by atoms with E-state index in [1.54, 1.807) is 20.8 Å². The Morgan fingerprint density at radius 1 is 1.13 bits per heavy atom. The largest absolute Gasteiger partial charge is 0.497 e. The van der Waals surface area contributed by atoms with E-state index >= 15 is 4.39 Å². The van der Waals surface area contributed by atoms with Gasteiger partial charge in [0.05, 0.1) is 17.2 Å². The van der Waals surface area contributed by atoms with Crippen molar-refractivity contribution >= 4 is 24.6 Å². The monoisotopic (exact) mass is 438 g/mol. The molecule has 0 atom stereocenters. The molecule has 0 aliphatic carbocycles. The van der Waals surface area contributed by atoms with Gasteiger partial charge in [-0.3, -0.25) is 4.79 Å². The van der Waals surface area contributed by atoms with E-state index in [0.29, 0.717) is 0 Å². The fourth-order valence-electron chi connectivity index (χ4n) is 3.28.